The van der Waals surface area contributed by atoms with Gasteiger partial charge in [-0.1, -0.05) is 0 Å². The van der Waals surface area contributed by atoms with Crippen LogP contribution in [0.2, 0.25) is 0 Å². The summed E-state index contributed by atoms with van der Waals surface area (Å²) in [6, 6.07) is 1.74. The van der Waals surface area contributed by atoms with Crippen molar-refractivity contribution in [3.8, 4) is 0 Å². The molecule has 0 bridgehead atoms. The van der Waals surface area contributed by atoms with Gasteiger partial charge in [-0.2, -0.15) is 0 Å². The maximum atomic E-state index is 12.2. The van der Waals surface area contributed by atoms with E-state index >= 15 is 0 Å². The Morgan fingerprint density at radius 3 is 2.67 bits per heavy atom. The molecule has 6 heteroatoms. The van der Waals surface area contributed by atoms with Crippen molar-refractivity contribution in [2.75, 3.05) is 19.0 Å². The van der Waals surface area contributed by atoms with Gasteiger partial charge in [0.15, 0.2) is 0 Å². The molecule has 5 nitrogen and oxygen atoms in total. The normalized spacial score (nSPS) is 16.1. The van der Waals surface area contributed by atoms with Gasteiger partial charge in [-0.25, -0.2) is 4.79 Å². The Morgan fingerprint density at radius 2 is 2.14 bits per heavy atom. The summed E-state index contributed by atoms with van der Waals surface area (Å²) in [5.74, 6) is -0.522. The van der Waals surface area contributed by atoms with Crippen LogP contribution in [-0.4, -0.2) is 31.2 Å². The summed E-state index contributed by atoms with van der Waals surface area (Å²) >= 11 is 1.38. The summed E-state index contributed by atoms with van der Waals surface area (Å²) in [5, 5.41) is 3.38. The van der Waals surface area contributed by atoms with Gasteiger partial charge in [-0.15, -0.1) is 11.3 Å². The molecule has 0 atom stereocenters. The molecule has 1 aromatic heterocycles. The standard InChI is InChI=1S/C15H21NO4S/c1-4-20-14(18)11-8-10(2)21-13(11)16-12(17)9-15(19-3)6-5-7-15/h8H,4-7,9H2,1-3H3,(H,16,17). The first kappa shape index (κ1) is 16.0. The van der Waals surface area contributed by atoms with E-state index in [9.17, 15) is 9.59 Å². The van der Waals surface area contributed by atoms with Crippen molar-refractivity contribution in [1.82, 2.24) is 0 Å². The van der Waals surface area contributed by atoms with E-state index in [1.54, 1.807) is 20.1 Å². The Hall–Kier alpha value is -1.40. The van der Waals surface area contributed by atoms with Crippen molar-refractivity contribution in [2.24, 2.45) is 0 Å². The van der Waals surface area contributed by atoms with Crippen LogP contribution in [-0.2, 0) is 14.3 Å². The van der Waals surface area contributed by atoms with E-state index in [-0.39, 0.29) is 11.5 Å². The molecule has 1 aliphatic rings. The average molecular weight is 311 g/mol. The number of rotatable bonds is 6. The van der Waals surface area contributed by atoms with E-state index in [4.69, 9.17) is 9.47 Å². The first-order valence-electron chi connectivity index (χ1n) is 7.12. The number of methoxy groups -OCH3 is 1. The minimum absolute atomic E-state index is 0.121. The molecule has 0 saturated heterocycles. The van der Waals surface area contributed by atoms with Crippen LogP contribution in [0.4, 0.5) is 5.00 Å². The summed E-state index contributed by atoms with van der Waals surface area (Å²) in [6.07, 6.45) is 3.23. The van der Waals surface area contributed by atoms with Gasteiger partial charge >= 0.3 is 5.97 Å². The van der Waals surface area contributed by atoms with E-state index in [1.165, 1.54) is 11.3 Å². The van der Waals surface area contributed by atoms with Crippen LogP contribution in [0.5, 0.6) is 0 Å². The van der Waals surface area contributed by atoms with Gasteiger partial charge in [0.2, 0.25) is 5.91 Å². The lowest BCUT2D eigenvalue weighted by atomic mass is 9.77. The van der Waals surface area contributed by atoms with Crippen molar-refractivity contribution in [1.29, 1.82) is 0 Å². The zero-order valence-electron chi connectivity index (χ0n) is 12.7. The lowest BCUT2D eigenvalue weighted by molar-refractivity contribution is -0.129. The van der Waals surface area contributed by atoms with Crippen molar-refractivity contribution in [2.45, 2.75) is 45.1 Å². The van der Waals surface area contributed by atoms with E-state index < -0.39 is 5.97 Å². The number of hydrogen-bond donors (Lipinski definition) is 1. The highest BCUT2D eigenvalue weighted by molar-refractivity contribution is 7.16. The van der Waals surface area contributed by atoms with Gasteiger partial charge in [-0.3, -0.25) is 4.79 Å². The minimum atomic E-state index is -0.401. The number of amides is 1. The highest BCUT2D eigenvalue weighted by Gasteiger charge is 2.39. The summed E-state index contributed by atoms with van der Waals surface area (Å²) in [4.78, 5) is 25.0. The molecule has 0 aromatic carbocycles. The van der Waals surface area contributed by atoms with Crippen LogP contribution in [0, 0.1) is 6.92 Å². The van der Waals surface area contributed by atoms with Crippen molar-refractivity contribution in [3.63, 3.8) is 0 Å². The number of thiophene rings is 1. The lowest BCUT2D eigenvalue weighted by Gasteiger charge is -2.39. The highest BCUT2D eigenvalue weighted by Crippen LogP contribution is 2.38. The second-order valence-corrected chi connectivity index (χ2v) is 6.54. The third-order valence-corrected chi connectivity index (χ3v) is 4.75. The molecule has 0 spiro atoms. The van der Waals surface area contributed by atoms with Gasteiger partial charge in [0.05, 0.1) is 24.2 Å². The van der Waals surface area contributed by atoms with Crippen LogP contribution in [0.25, 0.3) is 0 Å². The number of esters is 1. The minimum Gasteiger partial charge on any atom is -0.462 e. The molecule has 21 heavy (non-hydrogen) atoms. The monoisotopic (exact) mass is 311 g/mol. The smallest absolute Gasteiger partial charge is 0.341 e. The third-order valence-electron chi connectivity index (χ3n) is 3.78. The van der Waals surface area contributed by atoms with E-state index in [0.717, 1.165) is 24.1 Å². The zero-order chi connectivity index (χ0) is 15.5. The van der Waals surface area contributed by atoms with Crippen LogP contribution in [0.3, 0.4) is 0 Å². The molecule has 1 amide bonds. The van der Waals surface area contributed by atoms with Gasteiger partial charge < -0.3 is 14.8 Å². The maximum absolute atomic E-state index is 12.2. The van der Waals surface area contributed by atoms with Gasteiger partial charge in [0, 0.05) is 12.0 Å². The van der Waals surface area contributed by atoms with E-state index in [2.05, 4.69) is 5.32 Å². The largest absolute Gasteiger partial charge is 0.462 e. The van der Waals surface area contributed by atoms with Crippen molar-refractivity contribution >= 4 is 28.2 Å². The maximum Gasteiger partial charge on any atom is 0.341 e. The van der Waals surface area contributed by atoms with Crippen LogP contribution < -0.4 is 5.32 Å². The second-order valence-electron chi connectivity index (χ2n) is 5.29. The molecule has 0 radical (unpaired) electrons. The molecule has 116 valence electrons. The fourth-order valence-electron chi connectivity index (χ4n) is 2.46. The number of anilines is 1. The number of hydrogen-bond acceptors (Lipinski definition) is 5. The molecule has 0 unspecified atom stereocenters. The Morgan fingerprint density at radius 1 is 1.43 bits per heavy atom. The molecule has 1 heterocycles. The van der Waals surface area contributed by atoms with Crippen molar-refractivity contribution < 1.29 is 19.1 Å². The Kier molecular flexibility index (Phi) is 5.00. The predicted molar refractivity (Wildman–Crippen MR) is 81.9 cm³/mol. The van der Waals surface area contributed by atoms with Crippen LogP contribution in [0.1, 0.15) is 47.8 Å². The van der Waals surface area contributed by atoms with Gasteiger partial charge in [0.25, 0.3) is 0 Å². The predicted octanol–water partition coefficient (Wildman–Crippen LogP) is 3.13. The zero-order valence-corrected chi connectivity index (χ0v) is 13.5. The molecule has 0 aliphatic heterocycles. The summed E-state index contributed by atoms with van der Waals surface area (Å²) in [7, 11) is 1.64. The van der Waals surface area contributed by atoms with Crippen molar-refractivity contribution in [3.05, 3.63) is 16.5 Å². The Bertz CT molecular complexity index is 528. The molecular formula is C15H21NO4S. The van der Waals surface area contributed by atoms with E-state index in [1.807, 2.05) is 6.92 Å². The molecule has 1 aromatic rings. The molecule has 1 fully saturated rings. The summed E-state index contributed by atoms with van der Waals surface area (Å²) in [6.45, 7) is 3.97. The molecule has 1 saturated carbocycles. The highest BCUT2D eigenvalue weighted by atomic mass is 32.1. The average Bonchev–Trinajstić information content (AvgIpc) is 2.75. The molecule has 1 N–H and O–H groups in total. The lowest BCUT2D eigenvalue weighted by Crippen LogP contribution is -2.42. The molecule has 2 rings (SSSR count). The fourth-order valence-corrected chi connectivity index (χ4v) is 3.37. The fraction of sp³-hybridized carbons (Fsp3) is 0.600. The Labute approximate surface area is 128 Å². The molecule has 1 aliphatic carbocycles. The Balaban J connectivity index is 2.05. The number of carbonyl (C=O) groups excluding carboxylic acids is 2. The summed E-state index contributed by atoms with van der Waals surface area (Å²) in [5.41, 5.74) is 0.105. The van der Waals surface area contributed by atoms with Crippen LogP contribution >= 0.6 is 11.3 Å². The quantitative estimate of drug-likeness (QED) is 0.820. The van der Waals surface area contributed by atoms with Gasteiger partial charge in [0.1, 0.15) is 5.00 Å². The van der Waals surface area contributed by atoms with E-state index in [0.29, 0.717) is 23.6 Å². The first-order valence-corrected chi connectivity index (χ1v) is 7.94. The topological polar surface area (TPSA) is 64.6 Å². The second kappa shape index (κ2) is 6.58. The molecular weight excluding hydrogens is 290 g/mol. The number of ether oxygens (including phenoxy) is 2. The number of aryl methyl sites for hydroxylation is 1. The number of carbonyl (C=O) groups is 2. The summed E-state index contributed by atoms with van der Waals surface area (Å²) < 4.78 is 10.5. The first-order chi connectivity index (χ1) is 9.99. The third kappa shape index (κ3) is 3.63. The van der Waals surface area contributed by atoms with Crippen LogP contribution in [0.15, 0.2) is 6.07 Å². The number of nitrogens with one attached hydrogen (secondary N) is 1. The SMILES string of the molecule is CCOC(=O)c1cc(C)sc1NC(=O)CC1(OC)CCC1. The van der Waals surface area contributed by atoms with Gasteiger partial charge in [-0.05, 0) is 39.2 Å².